The van der Waals surface area contributed by atoms with Crippen molar-refractivity contribution in [3.8, 4) is 5.88 Å². The number of hydrogen-bond donors (Lipinski definition) is 3. The average molecular weight is 452 g/mol. The minimum absolute atomic E-state index is 0.107. The van der Waals surface area contributed by atoms with Crippen molar-refractivity contribution < 1.29 is 40.6 Å². The highest BCUT2D eigenvalue weighted by atomic mass is 32.2. The largest absolute Gasteiger partial charge is 0.471 e. The van der Waals surface area contributed by atoms with Crippen LogP contribution in [0.15, 0.2) is 29.3 Å². The summed E-state index contributed by atoms with van der Waals surface area (Å²) in [7, 11) is -4.14. The molecular weight excluding hydrogens is 436 g/mol. The summed E-state index contributed by atoms with van der Waals surface area (Å²) in [5.74, 6) is -2.35. The van der Waals surface area contributed by atoms with Gasteiger partial charge in [0.05, 0.1) is 23.8 Å². The molecule has 0 bridgehead atoms. The Morgan fingerprint density at radius 2 is 2.07 bits per heavy atom. The van der Waals surface area contributed by atoms with Crippen molar-refractivity contribution in [1.29, 1.82) is 0 Å². The van der Waals surface area contributed by atoms with Crippen LogP contribution < -0.4 is 15.2 Å². The van der Waals surface area contributed by atoms with Gasteiger partial charge in [-0.3, -0.25) is 0 Å². The number of alkyl halides is 3. The molecule has 0 spiro atoms. The van der Waals surface area contributed by atoms with Crippen LogP contribution in [0, 0.1) is 5.82 Å². The maximum absolute atomic E-state index is 14.2. The number of aliphatic hydroxyl groups excluding tert-OH is 1. The molecule has 1 aromatic carbocycles. The molecule has 0 radical (unpaired) electrons. The minimum Gasteiger partial charge on any atom is -0.471 e. The van der Waals surface area contributed by atoms with Gasteiger partial charge in [-0.25, -0.2) is 22.9 Å². The lowest BCUT2D eigenvalue weighted by molar-refractivity contribution is -0.141. The highest BCUT2D eigenvalue weighted by molar-refractivity contribution is 7.89. The van der Waals surface area contributed by atoms with E-state index >= 15 is 0 Å². The summed E-state index contributed by atoms with van der Waals surface area (Å²) in [4.78, 5) is 6.67. The molecule has 30 heavy (non-hydrogen) atoms. The molecule has 2 unspecified atom stereocenters. The lowest BCUT2D eigenvalue weighted by atomic mass is 10.1. The number of aliphatic hydroxyl groups is 1. The Morgan fingerprint density at radius 3 is 2.67 bits per heavy atom. The molecule has 3 rings (SSSR count). The second-order valence-corrected chi connectivity index (χ2v) is 7.87. The summed E-state index contributed by atoms with van der Waals surface area (Å²) >= 11 is 0. The molecule has 164 valence electrons. The Labute approximate surface area is 167 Å². The van der Waals surface area contributed by atoms with Crippen molar-refractivity contribution in [2.75, 3.05) is 18.5 Å². The summed E-state index contributed by atoms with van der Waals surface area (Å²) < 4.78 is 86.8. The topological polar surface area (TPSA) is 137 Å². The second-order valence-electron chi connectivity index (χ2n) is 6.31. The van der Waals surface area contributed by atoms with Gasteiger partial charge in [-0.05, 0) is 18.2 Å². The summed E-state index contributed by atoms with van der Waals surface area (Å²) in [6, 6.07) is 2.65. The first-order valence-corrected chi connectivity index (χ1v) is 9.96. The maximum atomic E-state index is 14.2. The van der Waals surface area contributed by atoms with Crippen molar-refractivity contribution in [1.82, 2.24) is 9.97 Å². The molecule has 9 nitrogen and oxygen atoms in total. The van der Waals surface area contributed by atoms with E-state index in [-0.39, 0.29) is 25.3 Å². The van der Waals surface area contributed by atoms with Gasteiger partial charge in [0.15, 0.2) is 0 Å². The maximum Gasteiger partial charge on any atom is 0.423 e. The monoisotopic (exact) mass is 452 g/mol. The fourth-order valence-electron chi connectivity index (χ4n) is 2.59. The zero-order valence-corrected chi connectivity index (χ0v) is 15.9. The number of ether oxygens (including phenoxy) is 2. The molecule has 0 amide bonds. The fourth-order valence-corrected chi connectivity index (χ4v) is 3.11. The van der Waals surface area contributed by atoms with Gasteiger partial charge in [0.2, 0.25) is 21.9 Å². The standard InChI is InChI=1S/C16H16F4N4O5S/c17-10-5-8(30(21,26)27)1-2-11(10)23-15-22-6-9(16(18,19)20)14(24-15)29-13-3-4-28-7-12(13)25/h1-2,5-6,12-13,25H,3-4,7H2,(H2,21,26,27)(H,22,23,24). The van der Waals surface area contributed by atoms with E-state index in [4.69, 9.17) is 14.6 Å². The van der Waals surface area contributed by atoms with E-state index in [1.807, 2.05) is 0 Å². The molecule has 2 atom stereocenters. The van der Waals surface area contributed by atoms with Crippen molar-refractivity contribution in [2.45, 2.75) is 29.7 Å². The highest BCUT2D eigenvalue weighted by Crippen LogP contribution is 2.36. The number of aromatic nitrogens is 2. The van der Waals surface area contributed by atoms with Gasteiger partial charge in [0.25, 0.3) is 0 Å². The molecule has 1 saturated heterocycles. The number of anilines is 2. The number of halogens is 4. The van der Waals surface area contributed by atoms with Crippen LogP contribution in [0.2, 0.25) is 0 Å². The van der Waals surface area contributed by atoms with Crippen molar-refractivity contribution in [2.24, 2.45) is 5.14 Å². The molecule has 14 heteroatoms. The average Bonchev–Trinajstić information content (AvgIpc) is 2.64. The molecule has 2 heterocycles. The quantitative estimate of drug-likeness (QED) is 0.582. The Hall–Kier alpha value is -2.55. The SMILES string of the molecule is NS(=O)(=O)c1ccc(Nc2ncc(C(F)(F)F)c(OC3CCOCC3O)n2)c(F)c1. The van der Waals surface area contributed by atoms with E-state index < -0.39 is 56.5 Å². The zero-order valence-electron chi connectivity index (χ0n) is 15.1. The predicted octanol–water partition coefficient (Wildman–Crippen LogP) is 1.55. The molecule has 4 N–H and O–H groups in total. The second kappa shape index (κ2) is 8.29. The first kappa shape index (κ1) is 22.1. The number of nitrogens with zero attached hydrogens (tertiary/aromatic N) is 2. The van der Waals surface area contributed by atoms with E-state index in [0.29, 0.717) is 12.3 Å². The minimum atomic E-state index is -4.84. The summed E-state index contributed by atoms with van der Waals surface area (Å²) in [6.45, 7) is 0.0741. The molecular formula is C16H16F4N4O5S. The summed E-state index contributed by atoms with van der Waals surface area (Å²) in [5, 5.41) is 17.1. The third-order valence-electron chi connectivity index (χ3n) is 4.10. The Bertz CT molecular complexity index is 1030. The van der Waals surface area contributed by atoms with E-state index in [2.05, 4.69) is 15.3 Å². The van der Waals surface area contributed by atoms with Crippen LogP contribution in [-0.2, 0) is 20.9 Å². The van der Waals surface area contributed by atoms with Crippen LogP contribution in [0.4, 0.5) is 29.2 Å². The number of sulfonamides is 1. The van der Waals surface area contributed by atoms with Gasteiger partial charge in [-0.1, -0.05) is 0 Å². The first-order valence-electron chi connectivity index (χ1n) is 8.41. The highest BCUT2D eigenvalue weighted by Gasteiger charge is 2.38. The van der Waals surface area contributed by atoms with Crippen LogP contribution in [0.25, 0.3) is 0 Å². The van der Waals surface area contributed by atoms with Gasteiger partial charge in [-0.2, -0.15) is 18.2 Å². The van der Waals surface area contributed by atoms with E-state index in [1.165, 1.54) is 0 Å². The lowest BCUT2D eigenvalue weighted by Crippen LogP contribution is -2.41. The van der Waals surface area contributed by atoms with Gasteiger partial charge in [-0.15, -0.1) is 0 Å². The number of hydrogen-bond acceptors (Lipinski definition) is 8. The van der Waals surface area contributed by atoms with Gasteiger partial charge >= 0.3 is 6.18 Å². The number of nitrogens with one attached hydrogen (secondary N) is 1. The van der Waals surface area contributed by atoms with Crippen molar-refractivity contribution in [3.63, 3.8) is 0 Å². The number of benzene rings is 1. The Morgan fingerprint density at radius 1 is 1.33 bits per heavy atom. The van der Waals surface area contributed by atoms with Crippen molar-refractivity contribution >= 4 is 21.7 Å². The zero-order chi connectivity index (χ0) is 22.1. The predicted molar refractivity (Wildman–Crippen MR) is 93.9 cm³/mol. The van der Waals surface area contributed by atoms with Crippen LogP contribution in [0.3, 0.4) is 0 Å². The van der Waals surface area contributed by atoms with Crippen LogP contribution in [-0.4, -0.2) is 48.9 Å². The van der Waals surface area contributed by atoms with E-state index in [1.54, 1.807) is 0 Å². The van der Waals surface area contributed by atoms with E-state index in [9.17, 15) is 31.1 Å². The molecule has 0 aliphatic carbocycles. The Kier molecular flexibility index (Phi) is 6.12. The smallest absolute Gasteiger partial charge is 0.423 e. The molecule has 1 aliphatic rings. The molecule has 1 aromatic heterocycles. The normalized spacial score (nSPS) is 20.1. The third-order valence-corrected chi connectivity index (χ3v) is 5.01. The molecule has 1 fully saturated rings. The van der Waals surface area contributed by atoms with Crippen LogP contribution in [0.5, 0.6) is 5.88 Å². The fraction of sp³-hybridized carbons (Fsp3) is 0.375. The third kappa shape index (κ3) is 5.13. The van der Waals surface area contributed by atoms with Crippen LogP contribution in [0.1, 0.15) is 12.0 Å². The number of primary sulfonamides is 1. The van der Waals surface area contributed by atoms with Gasteiger partial charge in [0.1, 0.15) is 23.6 Å². The number of rotatable bonds is 5. The van der Waals surface area contributed by atoms with Gasteiger partial charge in [0, 0.05) is 12.6 Å². The van der Waals surface area contributed by atoms with E-state index in [0.717, 1.165) is 12.1 Å². The number of nitrogens with two attached hydrogens (primary N) is 1. The molecule has 1 aliphatic heterocycles. The lowest BCUT2D eigenvalue weighted by Gasteiger charge is -2.28. The molecule has 2 aromatic rings. The summed E-state index contributed by atoms with van der Waals surface area (Å²) in [5.41, 5.74) is -1.59. The Balaban J connectivity index is 1.91. The van der Waals surface area contributed by atoms with Crippen molar-refractivity contribution in [3.05, 3.63) is 35.8 Å². The van der Waals surface area contributed by atoms with Gasteiger partial charge < -0.3 is 19.9 Å². The molecule has 0 saturated carbocycles. The summed E-state index contributed by atoms with van der Waals surface area (Å²) in [6.07, 6.45) is -6.41. The first-order chi connectivity index (χ1) is 13.9. The van der Waals surface area contributed by atoms with Crippen LogP contribution >= 0.6 is 0 Å².